The van der Waals surface area contributed by atoms with Gasteiger partial charge in [-0.2, -0.15) is 0 Å². The lowest BCUT2D eigenvalue weighted by Gasteiger charge is -2.12. The molecule has 6 nitrogen and oxygen atoms in total. The van der Waals surface area contributed by atoms with Crippen LogP contribution in [-0.4, -0.2) is 19.3 Å². The Bertz CT molecular complexity index is 1050. The lowest BCUT2D eigenvalue weighted by Crippen LogP contribution is -2.23. The number of rotatable bonds is 7. The Balaban J connectivity index is 1.69. The Morgan fingerprint density at radius 2 is 1.75 bits per heavy atom. The van der Waals surface area contributed by atoms with Crippen LogP contribution >= 0.6 is 0 Å². The van der Waals surface area contributed by atoms with Crippen LogP contribution in [0.25, 0.3) is 0 Å². The minimum absolute atomic E-state index is 0.0993. The fraction of sp³-hybridized carbons (Fsp3) is 0.143. The zero-order chi connectivity index (χ0) is 20.0. The highest BCUT2D eigenvalue weighted by atomic mass is 32.2. The molecule has 0 saturated carbocycles. The SMILES string of the molecule is CCc1ccccc1NS(=O)(=O)c1ccc(C(=O)NCc2cccnc2)cc1. The number of nitrogens with one attached hydrogen (secondary N) is 2. The molecule has 1 amide bonds. The van der Waals surface area contributed by atoms with E-state index in [1.54, 1.807) is 30.6 Å². The van der Waals surface area contributed by atoms with Gasteiger partial charge in [-0.15, -0.1) is 0 Å². The molecule has 2 N–H and O–H groups in total. The Hall–Kier alpha value is -3.19. The second-order valence-electron chi connectivity index (χ2n) is 6.18. The van der Waals surface area contributed by atoms with Gasteiger partial charge in [0.25, 0.3) is 15.9 Å². The Morgan fingerprint density at radius 1 is 1.00 bits per heavy atom. The van der Waals surface area contributed by atoms with E-state index in [0.717, 1.165) is 17.5 Å². The summed E-state index contributed by atoms with van der Waals surface area (Å²) in [5.41, 5.74) is 2.74. The minimum atomic E-state index is -3.73. The van der Waals surface area contributed by atoms with Gasteiger partial charge in [-0.05, 0) is 53.9 Å². The molecule has 0 radical (unpaired) electrons. The maximum absolute atomic E-state index is 12.6. The average molecular weight is 395 g/mol. The summed E-state index contributed by atoms with van der Waals surface area (Å²) in [7, 11) is -3.73. The van der Waals surface area contributed by atoms with E-state index < -0.39 is 10.0 Å². The molecule has 0 saturated heterocycles. The van der Waals surface area contributed by atoms with Crippen LogP contribution in [-0.2, 0) is 23.0 Å². The largest absolute Gasteiger partial charge is 0.348 e. The molecule has 0 aliphatic rings. The molecule has 2 aromatic carbocycles. The molecular formula is C21H21N3O3S. The van der Waals surface area contributed by atoms with E-state index in [0.29, 0.717) is 17.8 Å². The Labute approximate surface area is 164 Å². The fourth-order valence-electron chi connectivity index (χ4n) is 2.70. The molecule has 3 rings (SSSR count). The topological polar surface area (TPSA) is 88.2 Å². The van der Waals surface area contributed by atoms with Gasteiger partial charge in [0, 0.05) is 24.5 Å². The van der Waals surface area contributed by atoms with Crippen LogP contribution in [0.1, 0.15) is 28.4 Å². The van der Waals surface area contributed by atoms with E-state index in [1.807, 2.05) is 25.1 Å². The third-order valence-corrected chi connectivity index (χ3v) is 5.63. The summed E-state index contributed by atoms with van der Waals surface area (Å²) >= 11 is 0. The van der Waals surface area contributed by atoms with Gasteiger partial charge >= 0.3 is 0 Å². The van der Waals surface area contributed by atoms with Crippen molar-refractivity contribution in [2.24, 2.45) is 0 Å². The van der Waals surface area contributed by atoms with Crippen molar-refractivity contribution in [1.82, 2.24) is 10.3 Å². The maximum atomic E-state index is 12.6. The highest BCUT2D eigenvalue weighted by Gasteiger charge is 2.16. The minimum Gasteiger partial charge on any atom is -0.348 e. The quantitative estimate of drug-likeness (QED) is 0.642. The predicted molar refractivity (Wildman–Crippen MR) is 108 cm³/mol. The molecule has 3 aromatic rings. The number of hydrogen-bond acceptors (Lipinski definition) is 4. The van der Waals surface area contributed by atoms with Gasteiger partial charge in [-0.3, -0.25) is 14.5 Å². The first-order valence-electron chi connectivity index (χ1n) is 8.87. The van der Waals surface area contributed by atoms with Gasteiger partial charge < -0.3 is 5.32 Å². The zero-order valence-electron chi connectivity index (χ0n) is 15.4. The molecule has 0 bridgehead atoms. The van der Waals surface area contributed by atoms with Gasteiger partial charge in [0.05, 0.1) is 10.6 Å². The number of hydrogen-bond donors (Lipinski definition) is 2. The number of anilines is 1. The van der Waals surface area contributed by atoms with Crippen LogP contribution < -0.4 is 10.0 Å². The standard InChI is InChI=1S/C21H21N3O3S/c1-2-17-7-3-4-8-20(17)24-28(26,27)19-11-9-18(10-12-19)21(25)23-15-16-6-5-13-22-14-16/h3-14,24H,2,15H2,1H3,(H,23,25). The first-order valence-corrected chi connectivity index (χ1v) is 10.4. The molecule has 0 aliphatic carbocycles. The smallest absolute Gasteiger partial charge is 0.261 e. The number of aryl methyl sites for hydroxylation is 1. The van der Waals surface area contributed by atoms with Crippen LogP contribution in [0.5, 0.6) is 0 Å². The summed E-state index contributed by atoms with van der Waals surface area (Å²) < 4.78 is 27.9. The van der Waals surface area contributed by atoms with Crippen LogP contribution in [0.2, 0.25) is 0 Å². The van der Waals surface area contributed by atoms with E-state index in [9.17, 15) is 13.2 Å². The number of sulfonamides is 1. The molecule has 0 atom stereocenters. The van der Waals surface area contributed by atoms with Crippen molar-refractivity contribution in [2.45, 2.75) is 24.8 Å². The summed E-state index contributed by atoms with van der Waals surface area (Å²) in [5, 5.41) is 2.78. The van der Waals surface area contributed by atoms with Gasteiger partial charge in [-0.1, -0.05) is 31.2 Å². The monoisotopic (exact) mass is 395 g/mol. The number of benzene rings is 2. The predicted octanol–water partition coefficient (Wildman–Crippen LogP) is 3.37. The Morgan fingerprint density at radius 3 is 2.43 bits per heavy atom. The number of aromatic nitrogens is 1. The molecular weight excluding hydrogens is 374 g/mol. The molecule has 28 heavy (non-hydrogen) atoms. The number of amides is 1. The number of nitrogens with zero attached hydrogens (tertiary/aromatic N) is 1. The molecule has 0 aliphatic heterocycles. The molecule has 1 heterocycles. The zero-order valence-corrected chi connectivity index (χ0v) is 16.2. The first kappa shape index (κ1) is 19.6. The molecule has 0 fully saturated rings. The summed E-state index contributed by atoms with van der Waals surface area (Å²) in [6.45, 7) is 2.31. The van der Waals surface area contributed by atoms with Crippen LogP contribution in [0.3, 0.4) is 0 Å². The number of pyridine rings is 1. The third kappa shape index (κ3) is 4.75. The van der Waals surface area contributed by atoms with Crippen LogP contribution in [0.15, 0.2) is 78.0 Å². The second kappa shape index (κ2) is 8.67. The lowest BCUT2D eigenvalue weighted by molar-refractivity contribution is 0.0951. The molecule has 7 heteroatoms. The first-order chi connectivity index (χ1) is 13.5. The van der Waals surface area contributed by atoms with Crippen molar-refractivity contribution in [3.8, 4) is 0 Å². The summed E-state index contributed by atoms with van der Waals surface area (Å²) in [6, 6.07) is 16.8. The van der Waals surface area contributed by atoms with E-state index >= 15 is 0 Å². The van der Waals surface area contributed by atoms with Crippen LogP contribution in [0, 0.1) is 0 Å². The highest BCUT2D eigenvalue weighted by Crippen LogP contribution is 2.20. The molecule has 1 aromatic heterocycles. The van der Waals surface area contributed by atoms with Crippen molar-refractivity contribution in [1.29, 1.82) is 0 Å². The summed E-state index contributed by atoms with van der Waals surface area (Å²) in [5.74, 6) is -0.280. The Kier molecular flexibility index (Phi) is 6.06. The van der Waals surface area contributed by atoms with Crippen molar-refractivity contribution < 1.29 is 13.2 Å². The fourth-order valence-corrected chi connectivity index (χ4v) is 3.81. The summed E-state index contributed by atoms with van der Waals surface area (Å²) in [4.78, 5) is 16.4. The summed E-state index contributed by atoms with van der Waals surface area (Å²) in [6.07, 6.45) is 4.06. The van der Waals surface area contributed by atoms with E-state index in [4.69, 9.17) is 0 Å². The molecule has 144 valence electrons. The third-order valence-electron chi connectivity index (χ3n) is 4.25. The molecule has 0 spiro atoms. The van der Waals surface area contributed by atoms with E-state index in [2.05, 4.69) is 15.0 Å². The number of carbonyl (C=O) groups is 1. The maximum Gasteiger partial charge on any atom is 0.261 e. The highest BCUT2D eigenvalue weighted by molar-refractivity contribution is 7.92. The van der Waals surface area contributed by atoms with Crippen molar-refractivity contribution in [2.75, 3.05) is 4.72 Å². The van der Waals surface area contributed by atoms with Crippen molar-refractivity contribution in [3.63, 3.8) is 0 Å². The van der Waals surface area contributed by atoms with Gasteiger partial charge in [0.2, 0.25) is 0 Å². The van der Waals surface area contributed by atoms with Crippen molar-refractivity contribution >= 4 is 21.6 Å². The second-order valence-corrected chi connectivity index (χ2v) is 7.87. The molecule has 0 unspecified atom stereocenters. The van der Waals surface area contributed by atoms with Gasteiger partial charge in [0.1, 0.15) is 0 Å². The van der Waals surface area contributed by atoms with E-state index in [-0.39, 0.29) is 10.8 Å². The number of carbonyl (C=O) groups excluding carboxylic acids is 1. The van der Waals surface area contributed by atoms with Gasteiger partial charge in [0.15, 0.2) is 0 Å². The van der Waals surface area contributed by atoms with E-state index in [1.165, 1.54) is 24.3 Å². The van der Waals surface area contributed by atoms with Gasteiger partial charge in [-0.25, -0.2) is 8.42 Å². The normalized spacial score (nSPS) is 11.0. The lowest BCUT2D eigenvalue weighted by atomic mass is 10.1. The number of para-hydroxylation sites is 1. The van der Waals surface area contributed by atoms with Crippen LogP contribution in [0.4, 0.5) is 5.69 Å². The average Bonchev–Trinajstić information content (AvgIpc) is 2.73. The van der Waals surface area contributed by atoms with Crippen molar-refractivity contribution in [3.05, 3.63) is 89.7 Å².